The highest BCUT2D eigenvalue weighted by atomic mass is 16.5. The topological polar surface area (TPSA) is 80.3 Å². The molecule has 218 valence electrons. The molecule has 8 heteroatoms. The zero-order valence-corrected chi connectivity index (χ0v) is 24.7. The number of nitrogens with zero attached hydrogens (tertiary/aromatic N) is 2. The van der Waals surface area contributed by atoms with Crippen molar-refractivity contribution in [2.75, 3.05) is 45.6 Å². The molecule has 4 aromatic rings. The number of carbonyl (C=O) groups excluding carboxylic acids is 2. The third-order valence-corrected chi connectivity index (χ3v) is 6.97. The SMILES string of the molecule is COc1ccc(CN(C(=O)Cc2ccccc2)C(C(=O)Nc2ccc(N(C)C)cc2)c2ccc(OC)c(OC)c2)cc1. The number of nitrogens with one attached hydrogen (secondary N) is 1. The average molecular weight is 568 g/mol. The van der Waals surface area contributed by atoms with E-state index in [9.17, 15) is 9.59 Å². The molecule has 0 radical (unpaired) electrons. The summed E-state index contributed by atoms with van der Waals surface area (Å²) in [6.45, 7) is 0.196. The molecular formula is C34H37N3O5. The van der Waals surface area contributed by atoms with Gasteiger partial charge < -0.3 is 29.3 Å². The highest BCUT2D eigenvalue weighted by Gasteiger charge is 2.32. The van der Waals surface area contributed by atoms with Crippen molar-refractivity contribution in [3.05, 3.63) is 114 Å². The third-order valence-electron chi connectivity index (χ3n) is 6.97. The quantitative estimate of drug-likeness (QED) is 0.236. The Labute approximate surface area is 247 Å². The number of carbonyl (C=O) groups is 2. The van der Waals surface area contributed by atoms with E-state index in [4.69, 9.17) is 14.2 Å². The van der Waals surface area contributed by atoms with Crippen LogP contribution < -0.4 is 24.4 Å². The van der Waals surface area contributed by atoms with Gasteiger partial charge in [-0.15, -0.1) is 0 Å². The molecule has 0 bridgehead atoms. The predicted molar refractivity (Wildman–Crippen MR) is 165 cm³/mol. The average Bonchev–Trinajstić information content (AvgIpc) is 3.01. The summed E-state index contributed by atoms with van der Waals surface area (Å²) in [5, 5.41) is 3.03. The van der Waals surface area contributed by atoms with E-state index in [-0.39, 0.29) is 24.8 Å². The second-order valence-electron chi connectivity index (χ2n) is 9.98. The van der Waals surface area contributed by atoms with Crippen molar-refractivity contribution in [2.24, 2.45) is 0 Å². The zero-order valence-electron chi connectivity index (χ0n) is 24.7. The van der Waals surface area contributed by atoms with Crippen LogP contribution in [0.3, 0.4) is 0 Å². The van der Waals surface area contributed by atoms with Crippen LogP contribution in [0.2, 0.25) is 0 Å². The standard InChI is InChI=1S/C34H37N3O5/c1-36(2)28-16-14-27(15-17-28)35-34(39)33(26-13-20-30(41-4)31(22-26)42-5)37(23-25-11-18-29(40-3)19-12-25)32(38)21-24-9-7-6-8-10-24/h6-20,22,33H,21,23H2,1-5H3,(H,35,39). The van der Waals surface area contributed by atoms with Crippen molar-refractivity contribution in [3.63, 3.8) is 0 Å². The lowest BCUT2D eigenvalue weighted by Gasteiger charge is -2.32. The lowest BCUT2D eigenvalue weighted by Crippen LogP contribution is -2.41. The molecule has 0 aliphatic heterocycles. The van der Waals surface area contributed by atoms with E-state index in [0.717, 1.165) is 16.8 Å². The van der Waals surface area contributed by atoms with Crippen molar-refractivity contribution in [1.82, 2.24) is 4.90 Å². The second-order valence-corrected chi connectivity index (χ2v) is 9.98. The summed E-state index contributed by atoms with van der Waals surface area (Å²) in [4.78, 5) is 31.8. The lowest BCUT2D eigenvalue weighted by atomic mass is 10.0. The first-order chi connectivity index (χ1) is 20.3. The van der Waals surface area contributed by atoms with Crippen LogP contribution in [0.4, 0.5) is 11.4 Å². The van der Waals surface area contributed by atoms with Crippen LogP contribution >= 0.6 is 0 Å². The van der Waals surface area contributed by atoms with Crippen molar-refractivity contribution < 1.29 is 23.8 Å². The molecule has 8 nitrogen and oxygen atoms in total. The molecule has 2 amide bonds. The van der Waals surface area contributed by atoms with E-state index in [1.165, 1.54) is 0 Å². The summed E-state index contributed by atoms with van der Waals surface area (Å²) in [6.07, 6.45) is 0.131. The Bertz CT molecular complexity index is 1470. The monoisotopic (exact) mass is 567 g/mol. The van der Waals surface area contributed by atoms with Gasteiger partial charge in [-0.05, 0) is 65.2 Å². The number of hydrogen-bond acceptors (Lipinski definition) is 6. The van der Waals surface area contributed by atoms with E-state index in [2.05, 4.69) is 5.32 Å². The first-order valence-electron chi connectivity index (χ1n) is 13.6. The maximum atomic E-state index is 14.2. The third kappa shape index (κ3) is 7.40. The van der Waals surface area contributed by atoms with Crippen molar-refractivity contribution >= 4 is 23.2 Å². The number of hydrogen-bond donors (Lipinski definition) is 1. The number of anilines is 2. The van der Waals surface area contributed by atoms with Crippen LogP contribution in [0.25, 0.3) is 0 Å². The molecule has 0 spiro atoms. The van der Waals surface area contributed by atoms with Gasteiger partial charge in [0, 0.05) is 32.0 Å². The Morgan fingerprint density at radius 2 is 1.40 bits per heavy atom. The summed E-state index contributed by atoms with van der Waals surface area (Å²) in [7, 11) is 8.61. The minimum absolute atomic E-state index is 0.131. The van der Waals surface area contributed by atoms with Crippen LogP contribution in [-0.2, 0) is 22.6 Å². The summed E-state index contributed by atoms with van der Waals surface area (Å²) < 4.78 is 16.3. The normalized spacial score (nSPS) is 11.3. The van der Waals surface area contributed by atoms with Gasteiger partial charge in [0.2, 0.25) is 5.91 Å². The summed E-state index contributed by atoms with van der Waals surface area (Å²) >= 11 is 0. The van der Waals surface area contributed by atoms with E-state index in [0.29, 0.717) is 28.5 Å². The maximum absolute atomic E-state index is 14.2. The first kappa shape index (κ1) is 30.0. The van der Waals surface area contributed by atoms with E-state index in [1.807, 2.05) is 97.9 Å². The van der Waals surface area contributed by atoms with Gasteiger partial charge in [-0.25, -0.2) is 0 Å². The Hall–Kier alpha value is -4.98. The van der Waals surface area contributed by atoms with E-state index >= 15 is 0 Å². The fourth-order valence-electron chi connectivity index (χ4n) is 4.67. The van der Waals surface area contributed by atoms with Gasteiger partial charge in [0.05, 0.1) is 27.8 Å². The number of methoxy groups -OCH3 is 3. The van der Waals surface area contributed by atoms with Gasteiger partial charge in [-0.2, -0.15) is 0 Å². The molecule has 1 atom stereocenters. The number of ether oxygens (including phenoxy) is 3. The molecule has 4 aromatic carbocycles. The number of benzene rings is 4. The predicted octanol–water partition coefficient (Wildman–Crippen LogP) is 5.73. The summed E-state index contributed by atoms with van der Waals surface area (Å²) in [6, 6.07) is 28.8. The molecule has 1 unspecified atom stereocenters. The highest BCUT2D eigenvalue weighted by molar-refractivity contribution is 5.98. The smallest absolute Gasteiger partial charge is 0.251 e. The fraction of sp³-hybridized carbons (Fsp3) is 0.235. The van der Waals surface area contributed by atoms with Gasteiger partial charge in [0.1, 0.15) is 11.8 Å². The van der Waals surface area contributed by atoms with Gasteiger partial charge in [-0.3, -0.25) is 9.59 Å². The van der Waals surface area contributed by atoms with Crippen LogP contribution in [0, 0.1) is 0 Å². The number of rotatable bonds is 12. The number of amides is 2. The van der Waals surface area contributed by atoms with Crippen molar-refractivity contribution in [3.8, 4) is 17.2 Å². The molecule has 0 fully saturated rings. The van der Waals surface area contributed by atoms with Crippen molar-refractivity contribution in [1.29, 1.82) is 0 Å². The van der Waals surface area contributed by atoms with Gasteiger partial charge in [0.25, 0.3) is 5.91 Å². The first-order valence-corrected chi connectivity index (χ1v) is 13.6. The fourth-order valence-corrected chi connectivity index (χ4v) is 4.67. The minimum atomic E-state index is -0.975. The molecule has 0 aromatic heterocycles. The molecular weight excluding hydrogens is 530 g/mol. The molecule has 0 saturated carbocycles. The minimum Gasteiger partial charge on any atom is -0.497 e. The second kappa shape index (κ2) is 14.1. The van der Waals surface area contributed by atoms with Crippen LogP contribution in [0.15, 0.2) is 97.1 Å². The molecule has 4 rings (SSSR count). The van der Waals surface area contributed by atoms with Crippen LogP contribution in [-0.4, -0.2) is 52.1 Å². The Morgan fingerprint density at radius 3 is 2.00 bits per heavy atom. The molecule has 0 aliphatic carbocycles. The Balaban J connectivity index is 1.78. The highest BCUT2D eigenvalue weighted by Crippen LogP contribution is 2.34. The Kier molecular flexibility index (Phi) is 10.1. The Morgan fingerprint density at radius 1 is 0.738 bits per heavy atom. The van der Waals surface area contributed by atoms with E-state index in [1.54, 1.807) is 44.4 Å². The van der Waals surface area contributed by atoms with Crippen LogP contribution in [0.1, 0.15) is 22.7 Å². The lowest BCUT2D eigenvalue weighted by molar-refractivity contribution is -0.139. The van der Waals surface area contributed by atoms with Crippen LogP contribution in [0.5, 0.6) is 17.2 Å². The molecule has 1 N–H and O–H groups in total. The van der Waals surface area contributed by atoms with E-state index < -0.39 is 6.04 Å². The van der Waals surface area contributed by atoms with Gasteiger partial charge in [0.15, 0.2) is 11.5 Å². The zero-order chi connectivity index (χ0) is 30.1. The molecule has 42 heavy (non-hydrogen) atoms. The van der Waals surface area contributed by atoms with Gasteiger partial charge >= 0.3 is 0 Å². The largest absolute Gasteiger partial charge is 0.497 e. The van der Waals surface area contributed by atoms with Gasteiger partial charge in [-0.1, -0.05) is 48.5 Å². The maximum Gasteiger partial charge on any atom is 0.251 e. The molecule has 0 saturated heterocycles. The molecule has 0 heterocycles. The summed E-state index contributed by atoms with van der Waals surface area (Å²) in [5.74, 6) is 1.14. The summed E-state index contributed by atoms with van der Waals surface area (Å²) in [5.41, 5.74) is 3.92. The molecule has 0 aliphatic rings. The van der Waals surface area contributed by atoms with Crippen molar-refractivity contribution in [2.45, 2.75) is 19.0 Å².